The number of rotatable bonds is 22. The van der Waals surface area contributed by atoms with Crippen molar-refractivity contribution in [2.24, 2.45) is 0 Å². The zero-order valence-electron chi connectivity index (χ0n) is 18.1. The van der Waals surface area contributed by atoms with Crippen LogP contribution in [0.3, 0.4) is 0 Å². The summed E-state index contributed by atoms with van der Waals surface area (Å²) in [5, 5.41) is 2.91. The highest BCUT2D eigenvalue weighted by Crippen LogP contribution is 2.13. The fourth-order valence-corrected chi connectivity index (χ4v) is 3.84. The van der Waals surface area contributed by atoms with Gasteiger partial charge in [0.15, 0.2) is 0 Å². The molecule has 0 atom stereocenters. The zero-order valence-corrected chi connectivity index (χ0v) is 18.9. The Bertz CT molecular complexity index is 303. The molecular weight excluding hydrogens is 358 g/mol. The number of hydrogen-bond acceptors (Lipinski definition) is 4. The molecule has 0 aromatic heterocycles. The van der Waals surface area contributed by atoms with Crippen LogP contribution in [0, 0.1) is 0 Å². The molecule has 0 bridgehead atoms. The molecular formula is C22H45NO3S. The van der Waals surface area contributed by atoms with E-state index < -0.39 is 0 Å². The van der Waals surface area contributed by atoms with Gasteiger partial charge in [-0.25, -0.2) is 0 Å². The topological polar surface area (TPSA) is 47.6 Å². The normalized spacial score (nSPS) is 11.0. The van der Waals surface area contributed by atoms with E-state index in [0.717, 1.165) is 13.0 Å². The molecule has 0 rings (SSSR count). The van der Waals surface area contributed by atoms with Gasteiger partial charge in [0, 0.05) is 19.6 Å². The summed E-state index contributed by atoms with van der Waals surface area (Å²) in [7, 11) is 0. The van der Waals surface area contributed by atoms with E-state index in [9.17, 15) is 4.79 Å². The van der Waals surface area contributed by atoms with Gasteiger partial charge >= 0.3 is 0 Å². The highest BCUT2D eigenvalue weighted by molar-refractivity contribution is 7.99. The zero-order chi connectivity index (χ0) is 19.8. The van der Waals surface area contributed by atoms with Crippen LogP contribution in [-0.4, -0.2) is 50.4 Å². The molecule has 4 nitrogen and oxygen atoms in total. The van der Waals surface area contributed by atoms with Crippen molar-refractivity contribution in [1.82, 2.24) is 5.32 Å². The van der Waals surface area contributed by atoms with Crippen molar-refractivity contribution in [3.05, 3.63) is 0 Å². The SMILES string of the molecule is CCCCCCCCSCCCCCCCC(=O)NCCOCCOCC. The minimum Gasteiger partial charge on any atom is -0.379 e. The van der Waals surface area contributed by atoms with Gasteiger partial charge in [-0.2, -0.15) is 11.8 Å². The summed E-state index contributed by atoms with van der Waals surface area (Å²) >= 11 is 2.12. The first-order chi connectivity index (χ1) is 13.3. The van der Waals surface area contributed by atoms with Gasteiger partial charge in [-0.3, -0.25) is 4.79 Å². The van der Waals surface area contributed by atoms with Crippen LogP contribution in [0.15, 0.2) is 0 Å². The molecule has 5 heteroatoms. The van der Waals surface area contributed by atoms with E-state index in [1.807, 2.05) is 6.92 Å². The van der Waals surface area contributed by atoms with Crippen molar-refractivity contribution in [3.8, 4) is 0 Å². The fraction of sp³-hybridized carbons (Fsp3) is 0.955. The standard InChI is InChI=1S/C22H45NO3S/c1-3-5-6-7-10-13-20-27-21-14-11-8-9-12-15-22(24)23-16-17-26-19-18-25-4-2/h3-21H2,1-2H3,(H,23,24). The van der Waals surface area contributed by atoms with E-state index in [2.05, 4.69) is 24.0 Å². The van der Waals surface area contributed by atoms with Crippen LogP contribution in [0.25, 0.3) is 0 Å². The van der Waals surface area contributed by atoms with Crippen LogP contribution in [0.5, 0.6) is 0 Å². The third kappa shape index (κ3) is 23.7. The van der Waals surface area contributed by atoms with Crippen molar-refractivity contribution in [3.63, 3.8) is 0 Å². The Morgan fingerprint density at radius 1 is 0.741 bits per heavy atom. The third-order valence-electron chi connectivity index (χ3n) is 4.48. The van der Waals surface area contributed by atoms with E-state index in [0.29, 0.717) is 32.8 Å². The third-order valence-corrected chi connectivity index (χ3v) is 5.63. The lowest BCUT2D eigenvalue weighted by Gasteiger charge is -2.07. The molecule has 0 radical (unpaired) electrons. The molecule has 0 unspecified atom stereocenters. The molecule has 162 valence electrons. The first-order valence-electron chi connectivity index (χ1n) is 11.3. The molecule has 0 aliphatic carbocycles. The lowest BCUT2D eigenvalue weighted by Crippen LogP contribution is -2.27. The first kappa shape index (κ1) is 26.7. The van der Waals surface area contributed by atoms with Crippen LogP contribution in [0.1, 0.15) is 90.9 Å². The maximum absolute atomic E-state index is 11.7. The summed E-state index contributed by atoms with van der Waals surface area (Å²) in [5.74, 6) is 2.79. The molecule has 0 saturated heterocycles. The van der Waals surface area contributed by atoms with Gasteiger partial charge in [-0.05, 0) is 37.7 Å². The maximum Gasteiger partial charge on any atom is 0.220 e. The van der Waals surface area contributed by atoms with Gasteiger partial charge in [0.05, 0.1) is 19.8 Å². The Balaban J connectivity index is 3.11. The summed E-state index contributed by atoms with van der Waals surface area (Å²) in [4.78, 5) is 11.7. The van der Waals surface area contributed by atoms with Crippen molar-refractivity contribution >= 4 is 17.7 Å². The molecule has 0 fully saturated rings. The minimum atomic E-state index is 0.151. The number of nitrogens with one attached hydrogen (secondary N) is 1. The lowest BCUT2D eigenvalue weighted by molar-refractivity contribution is -0.121. The minimum absolute atomic E-state index is 0.151. The van der Waals surface area contributed by atoms with Crippen molar-refractivity contribution < 1.29 is 14.3 Å². The van der Waals surface area contributed by atoms with Gasteiger partial charge in [0.1, 0.15) is 0 Å². The van der Waals surface area contributed by atoms with Gasteiger partial charge in [-0.15, -0.1) is 0 Å². The van der Waals surface area contributed by atoms with Gasteiger partial charge in [0.2, 0.25) is 5.91 Å². The Labute approximate surface area is 172 Å². The van der Waals surface area contributed by atoms with E-state index in [1.165, 1.54) is 75.7 Å². The summed E-state index contributed by atoms with van der Waals surface area (Å²) in [6.07, 6.45) is 15.1. The number of carbonyl (C=O) groups is 1. The van der Waals surface area contributed by atoms with Crippen LogP contribution < -0.4 is 5.32 Å². The quantitative estimate of drug-likeness (QED) is 0.239. The van der Waals surface area contributed by atoms with E-state index >= 15 is 0 Å². The number of hydrogen-bond donors (Lipinski definition) is 1. The highest BCUT2D eigenvalue weighted by Gasteiger charge is 2.00. The van der Waals surface area contributed by atoms with Crippen LogP contribution in [0.2, 0.25) is 0 Å². The van der Waals surface area contributed by atoms with Crippen LogP contribution >= 0.6 is 11.8 Å². The maximum atomic E-state index is 11.7. The van der Waals surface area contributed by atoms with Crippen molar-refractivity contribution in [1.29, 1.82) is 0 Å². The molecule has 0 aromatic rings. The van der Waals surface area contributed by atoms with E-state index in [-0.39, 0.29) is 5.91 Å². The van der Waals surface area contributed by atoms with Gasteiger partial charge < -0.3 is 14.8 Å². The lowest BCUT2D eigenvalue weighted by atomic mass is 10.1. The molecule has 0 aromatic carbocycles. The van der Waals surface area contributed by atoms with Crippen molar-refractivity contribution in [2.75, 3.05) is 44.5 Å². The second-order valence-electron chi connectivity index (χ2n) is 7.06. The smallest absolute Gasteiger partial charge is 0.220 e. The Morgan fingerprint density at radius 3 is 2.00 bits per heavy atom. The van der Waals surface area contributed by atoms with Crippen molar-refractivity contribution in [2.45, 2.75) is 90.9 Å². The second kappa shape index (κ2) is 23.8. The Morgan fingerprint density at radius 2 is 1.33 bits per heavy atom. The number of unbranched alkanes of at least 4 members (excludes halogenated alkanes) is 9. The Hall–Kier alpha value is -0.260. The molecule has 27 heavy (non-hydrogen) atoms. The summed E-state index contributed by atoms with van der Waals surface area (Å²) in [6, 6.07) is 0. The molecule has 1 N–H and O–H groups in total. The number of thioether (sulfide) groups is 1. The van der Waals surface area contributed by atoms with E-state index in [1.54, 1.807) is 0 Å². The number of carbonyl (C=O) groups excluding carboxylic acids is 1. The Kier molecular flexibility index (Phi) is 23.5. The van der Waals surface area contributed by atoms with Gasteiger partial charge in [0.25, 0.3) is 0 Å². The summed E-state index contributed by atoms with van der Waals surface area (Å²) < 4.78 is 10.6. The summed E-state index contributed by atoms with van der Waals surface area (Å²) in [6.45, 7) is 7.35. The molecule has 0 saturated carbocycles. The highest BCUT2D eigenvalue weighted by atomic mass is 32.2. The number of ether oxygens (including phenoxy) is 2. The largest absolute Gasteiger partial charge is 0.379 e. The predicted molar refractivity (Wildman–Crippen MR) is 119 cm³/mol. The molecule has 0 aliphatic heterocycles. The van der Waals surface area contributed by atoms with Crippen LogP contribution in [-0.2, 0) is 14.3 Å². The predicted octanol–water partition coefficient (Wildman–Crippen LogP) is 5.59. The monoisotopic (exact) mass is 403 g/mol. The summed E-state index contributed by atoms with van der Waals surface area (Å²) in [5.41, 5.74) is 0. The molecule has 0 aliphatic rings. The van der Waals surface area contributed by atoms with Crippen LogP contribution in [0.4, 0.5) is 0 Å². The average molecular weight is 404 g/mol. The molecule has 0 heterocycles. The first-order valence-corrected chi connectivity index (χ1v) is 12.5. The average Bonchev–Trinajstić information content (AvgIpc) is 2.67. The molecule has 1 amide bonds. The second-order valence-corrected chi connectivity index (χ2v) is 8.28. The number of amides is 1. The van der Waals surface area contributed by atoms with Gasteiger partial charge in [-0.1, -0.05) is 58.3 Å². The molecule has 0 spiro atoms. The fourth-order valence-electron chi connectivity index (χ4n) is 2.82. The van der Waals surface area contributed by atoms with E-state index in [4.69, 9.17) is 9.47 Å².